The monoisotopic (exact) mass is 244 g/mol. The van der Waals surface area contributed by atoms with E-state index in [0.29, 0.717) is 10.8 Å². The van der Waals surface area contributed by atoms with Gasteiger partial charge in [-0.15, -0.1) is 11.8 Å². The highest BCUT2D eigenvalue weighted by Crippen LogP contribution is 2.33. The fourth-order valence-electron chi connectivity index (χ4n) is 1.14. The summed E-state index contributed by atoms with van der Waals surface area (Å²) in [4.78, 5) is 11.9. The number of benzene rings is 1. The minimum absolute atomic E-state index is 0.430. The first-order valence-electron chi connectivity index (χ1n) is 4.59. The second-order valence-electron chi connectivity index (χ2n) is 3.31. The molecule has 4 heteroatoms. The molecule has 0 aromatic heterocycles. The van der Waals surface area contributed by atoms with Crippen LogP contribution in [0.25, 0.3) is 0 Å². The minimum Gasteiger partial charge on any atom is -0.496 e. The third-order valence-corrected chi connectivity index (χ3v) is 3.02. The van der Waals surface area contributed by atoms with Crippen molar-refractivity contribution in [3.8, 4) is 5.75 Å². The summed E-state index contributed by atoms with van der Waals surface area (Å²) in [6.07, 6.45) is 0. The van der Waals surface area contributed by atoms with E-state index >= 15 is 0 Å². The van der Waals surface area contributed by atoms with Crippen LogP contribution in [0.1, 0.15) is 24.2 Å². The van der Waals surface area contributed by atoms with Crippen molar-refractivity contribution in [2.24, 2.45) is 0 Å². The maximum atomic E-state index is 11.0. The van der Waals surface area contributed by atoms with Crippen molar-refractivity contribution < 1.29 is 9.53 Å². The summed E-state index contributed by atoms with van der Waals surface area (Å²) in [7, 11) is 1.61. The molecule has 1 rings (SSSR count). The number of rotatable bonds is 4. The van der Waals surface area contributed by atoms with Crippen LogP contribution in [0.5, 0.6) is 5.75 Å². The van der Waals surface area contributed by atoms with E-state index in [-0.39, 0.29) is 0 Å². The van der Waals surface area contributed by atoms with Crippen molar-refractivity contribution >= 4 is 28.6 Å². The van der Waals surface area contributed by atoms with E-state index in [0.717, 1.165) is 10.6 Å². The lowest BCUT2D eigenvalue weighted by Crippen LogP contribution is -1.95. The van der Waals surface area contributed by atoms with E-state index in [1.165, 1.54) is 0 Å². The Bertz CT molecular complexity index is 364. The van der Waals surface area contributed by atoms with Crippen LogP contribution in [0.2, 0.25) is 0 Å². The Hall–Kier alpha value is -0.670. The molecular weight excluding hydrogens is 232 g/mol. The van der Waals surface area contributed by atoms with E-state index < -0.39 is 5.24 Å². The number of halogens is 1. The van der Waals surface area contributed by atoms with Gasteiger partial charge < -0.3 is 4.74 Å². The molecule has 0 saturated heterocycles. The lowest BCUT2D eigenvalue weighted by atomic mass is 10.2. The summed E-state index contributed by atoms with van der Waals surface area (Å²) < 4.78 is 5.21. The molecule has 0 radical (unpaired) electrons. The quantitative estimate of drug-likeness (QED) is 0.598. The van der Waals surface area contributed by atoms with Crippen LogP contribution in [0.15, 0.2) is 23.1 Å². The van der Waals surface area contributed by atoms with Crippen LogP contribution in [-0.4, -0.2) is 17.6 Å². The van der Waals surface area contributed by atoms with Gasteiger partial charge >= 0.3 is 0 Å². The molecule has 0 unspecified atom stereocenters. The van der Waals surface area contributed by atoms with Gasteiger partial charge in [-0.1, -0.05) is 13.8 Å². The summed E-state index contributed by atoms with van der Waals surface area (Å²) in [6, 6.07) is 5.19. The van der Waals surface area contributed by atoms with Gasteiger partial charge in [0.2, 0.25) is 0 Å². The van der Waals surface area contributed by atoms with Crippen LogP contribution in [0.4, 0.5) is 0 Å². The number of hydrogen-bond donors (Lipinski definition) is 0. The second kappa shape index (κ2) is 5.42. The first-order valence-corrected chi connectivity index (χ1v) is 5.85. The molecular formula is C11H13ClO2S. The van der Waals surface area contributed by atoms with Gasteiger partial charge in [0.15, 0.2) is 0 Å². The third kappa shape index (κ3) is 3.43. The second-order valence-corrected chi connectivity index (χ2v) is 5.27. The van der Waals surface area contributed by atoms with Gasteiger partial charge in [0.05, 0.1) is 12.0 Å². The third-order valence-electron chi connectivity index (χ3n) is 1.75. The number of ether oxygens (including phenoxy) is 1. The van der Waals surface area contributed by atoms with Crippen molar-refractivity contribution in [1.82, 2.24) is 0 Å². The maximum Gasteiger partial charge on any atom is 0.252 e. The highest BCUT2D eigenvalue weighted by Gasteiger charge is 2.10. The lowest BCUT2D eigenvalue weighted by molar-refractivity contribution is 0.108. The summed E-state index contributed by atoms with van der Waals surface area (Å²) in [5.41, 5.74) is 0.501. The molecule has 0 aliphatic rings. The normalized spacial score (nSPS) is 10.5. The molecule has 0 fully saturated rings. The van der Waals surface area contributed by atoms with Gasteiger partial charge in [0.25, 0.3) is 5.24 Å². The van der Waals surface area contributed by atoms with Crippen LogP contribution < -0.4 is 4.74 Å². The molecule has 2 nitrogen and oxygen atoms in total. The number of methoxy groups -OCH3 is 1. The largest absolute Gasteiger partial charge is 0.496 e. The molecule has 0 amide bonds. The Kier molecular flexibility index (Phi) is 4.48. The molecule has 1 aromatic rings. The van der Waals surface area contributed by atoms with Gasteiger partial charge in [-0.2, -0.15) is 0 Å². The van der Waals surface area contributed by atoms with Crippen LogP contribution in [0.3, 0.4) is 0 Å². The summed E-state index contributed by atoms with van der Waals surface area (Å²) in [5, 5.41) is -0.0113. The van der Waals surface area contributed by atoms with Crippen molar-refractivity contribution in [3.05, 3.63) is 23.8 Å². The maximum absolute atomic E-state index is 11.0. The first kappa shape index (κ1) is 12.4. The van der Waals surface area contributed by atoms with Crippen molar-refractivity contribution in [1.29, 1.82) is 0 Å². The van der Waals surface area contributed by atoms with E-state index in [1.54, 1.807) is 37.1 Å². The zero-order valence-corrected chi connectivity index (χ0v) is 10.5. The number of hydrogen-bond acceptors (Lipinski definition) is 3. The molecule has 1 aromatic carbocycles. The van der Waals surface area contributed by atoms with Crippen molar-refractivity contribution in [3.63, 3.8) is 0 Å². The van der Waals surface area contributed by atoms with Gasteiger partial charge in [-0.25, -0.2) is 0 Å². The summed E-state index contributed by atoms with van der Waals surface area (Å²) in [6.45, 7) is 4.17. The van der Waals surface area contributed by atoms with E-state index in [1.807, 2.05) is 0 Å². The number of carbonyl (C=O) groups is 1. The van der Waals surface area contributed by atoms with Gasteiger partial charge in [0, 0.05) is 10.8 Å². The van der Waals surface area contributed by atoms with Crippen LogP contribution in [0, 0.1) is 0 Å². The van der Waals surface area contributed by atoms with Gasteiger partial charge in [-0.05, 0) is 29.8 Å². The Labute approximate surface area is 99.0 Å². The lowest BCUT2D eigenvalue weighted by Gasteiger charge is -2.10. The molecule has 0 heterocycles. The highest BCUT2D eigenvalue weighted by molar-refractivity contribution is 8.00. The fourth-order valence-corrected chi connectivity index (χ4v) is 2.23. The Balaban J connectivity index is 3.07. The average molecular weight is 245 g/mol. The fraction of sp³-hybridized carbons (Fsp3) is 0.364. The predicted molar refractivity (Wildman–Crippen MR) is 64.2 cm³/mol. The van der Waals surface area contributed by atoms with Gasteiger partial charge in [-0.3, -0.25) is 4.79 Å². The van der Waals surface area contributed by atoms with Crippen molar-refractivity contribution in [2.45, 2.75) is 24.0 Å². The molecule has 0 atom stereocenters. The molecule has 0 spiro atoms. The smallest absolute Gasteiger partial charge is 0.252 e. The Morgan fingerprint density at radius 1 is 1.47 bits per heavy atom. The zero-order valence-electron chi connectivity index (χ0n) is 8.91. The molecule has 0 aliphatic heterocycles. The SMILES string of the molecule is COc1ccc(C(=O)Cl)cc1SC(C)C. The molecule has 0 saturated carbocycles. The Morgan fingerprint density at radius 2 is 2.13 bits per heavy atom. The summed E-state index contributed by atoms with van der Waals surface area (Å²) >= 11 is 7.06. The molecule has 0 N–H and O–H groups in total. The molecule has 15 heavy (non-hydrogen) atoms. The van der Waals surface area contributed by atoms with E-state index in [9.17, 15) is 4.79 Å². The topological polar surface area (TPSA) is 26.3 Å². The van der Waals surface area contributed by atoms with Crippen LogP contribution >= 0.6 is 23.4 Å². The predicted octanol–water partition coefficient (Wildman–Crippen LogP) is 3.57. The molecule has 0 aliphatic carbocycles. The van der Waals surface area contributed by atoms with E-state index in [4.69, 9.17) is 16.3 Å². The molecule has 82 valence electrons. The average Bonchev–Trinajstić information content (AvgIpc) is 2.16. The summed E-state index contributed by atoms with van der Waals surface area (Å²) in [5.74, 6) is 0.773. The van der Waals surface area contributed by atoms with Crippen LogP contribution in [-0.2, 0) is 0 Å². The van der Waals surface area contributed by atoms with E-state index in [2.05, 4.69) is 13.8 Å². The minimum atomic E-state index is -0.441. The number of carbonyl (C=O) groups excluding carboxylic acids is 1. The first-order chi connectivity index (χ1) is 7.04. The molecule has 0 bridgehead atoms. The number of thioether (sulfide) groups is 1. The Morgan fingerprint density at radius 3 is 2.60 bits per heavy atom. The highest BCUT2D eigenvalue weighted by atomic mass is 35.5. The van der Waals surface area contributed by atoms with Crippen molar-refractivity contribution in [2.75, 3.05) is 7.11 Å². The van der Waals surface area contributed by atoms with Gasteiger partial charge in [0.1, 0.15) is 5.75 Å². The zero-order chi connectivity index (χ0) is 11.4. The standard InChI is InChI=1S/C11H13ClO2S/c1-7(2)15-10-6-8(11(12)13)4-5-9(10)14-3/h4-7H,1-3H3.